The molecule has 5 heteroatoms. The van der Waals surface area contributed by atoms with Crippen molar-refractivity contribution in [3.8, 4) is 5.75 Å². The molecule has 0 saturated carbocycles. The van der Waals surface area contributed by atoms with Crippen molar-refractivity contribution >= 4 is 11.2 Å². The Kier molecular flexibility index (Phi) is 3.71. The molecular weight excluding hydrogens is 290 g/mol. The van der Waals surface area contributed by atoms with E-state index < -0.39 is 0 Å². The van der Waals surface area contributed by atoms with E-state index in [9.17, 15) is 0 Å². The maximum absolute atomic E-state index is 5.89. The maximum Gasteiger partial charge on any atom is 0.162 e. The van der Waals surface area contributed by atoms with Crippen molar-refractivity contribution in [3.63, 3.8) is 0 Å². The van der Waals surface area contributed by atoms with Gasteiger partial charge in [0.05, 0.1) is 7.11 Å². The molecule has 0 amide bonds. The Morgan fingerprint density at radius 3 is 3.00 bits per heavy atom. The second kappa shape index (κ2) is 6.01. The number of aromatic nitrogens is 3. The monoisotopic (exact) mass is 309 g/mol. The molecule has 118 valence electrons. The summed E-state index contributed by atoms with van der Waals surface area (Å²) in [7, 11) is 1.70. The number of methoxy groups -OCH3 is 1. The van der Waals surface area contributed by atoms with Crippen molar-refractivity contribution in [2.24, 2.45) is 0 Å². The Morgan fingerprint density at radius 2 is 2.17 bits per heavy atom. The zero-order chi connectivity index (χ0) is 15.6. The van der Waals surface area contributed by atoms with Crippen molar-refractivity contribution in [2.45, 2.75) is 25.5 Å². The molecule has 4 rings (SSSR count). The number of imidazole rings is 1. The fourth-order valence-electron chi connectivity index (χ4n) is 3.19. The first kappa shape index (κ1) is 14.2. The third-order valence-electron chi connectivity index (χ3n) is 4.26. The molecule has 1 saturated heterocycles. The molecule has 1 aliphatic heterocycles. The molecule has 1 unspecified atom stereocenters. The van der Waals surface area contributed by atoms with Gasteiger partial charge >= 0.3 is 0 Å². The molecule has 1 aliphatic rings. The standard InChI is InChI=1S/C18H19N3O2/c1-22-15-8-3-2-6-13(15)12-16-20-14-7-4-10-19-18(14)21(16)17-9-5-11-23-17/h2-4,6-8,10,17H,5,9,11-12H2,1H3. The molecule has 1 fully saturated rings. The number of nitrogens with zero attached hydrogens (tertiary/aromatic N) is 3. The SMILES string of the molecule is COc1ccccc1Cc1nc2cccnc2n1C1CCCO1. The minimum Gasteiger partial charge on any atom is -0.496 e. The summed E-state index contributed by atoms with van der Waals surface area (Å²) < 4.78 is 13.5. The number of hydrogen-bond donors (Lipinski definition) is 0. The Morgan fingerprint density at radius 1 is 1.26 bits per heavy atom. The van der Waals surface area contributed by atoms with Crippen molar-refractivity contribution < 1.29 is 9.47 Å². The minimum absolute atomic E-state index is 0.0274. The lowest BCUT2D eigenvalue weighted by Crippen LogP contribution is -2.12. The van der Waals surface area contributed by atoms with E-state index in [2.05, 4.69) is 15.6 Å². The summed E-state index contributed by atoms with van der Waals surface area (Å²) in [5.74, 6) is 1.85. The Bertz CT molecular complexity index is 822. The number of pyridine rings is 1. The Hall–Kier alpha value is -2.40. The van der Waals surface area contributed by atoms with Gasteiger partial charge in [0.25, 0.3) is 0 Å². The van der Waals surface area contributed by atoms with Gasteiger partial charge in [-0.1, -0.05) is 18.2 Å². The van der Waals surface area contributed by atoms with Crippen LogP contribution in [0.1, 0.15) is 30.5 Å². The fourth-order valence-corrected chi connectivity index (χ4v) is 3.19. The van der Waals surface area contributed by atoms with Crippen LogP contribution in [-0.4, -0.2) is 28.3 Å². The van der Waals surface area contributed by atoms with Gasteiger partial charge in [-0.15, -0.1) is 0 Å². The minimum atomic E-state index is 0.0274. The van der Waals surface area contributed by atoms with Crippen LogP contribution in [0.4, 0.5) is 0 Å². The molecule has 3 aromatic rings. The predicted octanol–water partition coefficient (Wildman–Crippen LogP) is 3.34. The van der Waals surface area contributed by atoms with Crippen LogP contribution >= 0.6 is 0 Å². The van der Waals surface area contributed by atoms with Gasteiger partial charge in [0.2, 0.25) is 0 Å². The van der Waals surface area contributed by atoms with Crippen LogP contribution in [0.25, 0.3) is 11.2 Å². The lowest BCUT2D eigenvalue weighted by molar-refractivity contribution is 0.0573. The summed E-state index contributed by atoms with van der Waals surface area (Å²) in [6.07, 6.45) is 4.61. The highest BCUT2D eigenvalue weighted by Gasteiger charge is 2.24. The first-order valence-electron chi connectivity index (χ1n) is 7.92. The molecule has 0 radical (unpaired) electrons. The first-order chi connectivity index (χ1) is 11.4. The topological polar surface area (TPSA) is 49.2 Å². The summed E-state index contributed by atoms with van der Waals surface area (Å²) in [4.78, 5) is 9.31. The van der Waals surface area contributed by atoms with Crippen molar-refractivity contribution in [2.75, 3.05) is 13.7 Å². The van der Waals surface area contributed by atoms with Gasteiger partial charge in [0.1, 0.15) is 23.3 Å². The third-order valence-corrected chi connectivity index (χ3v) is 4.26. The predicted molar refractivity (Wildman–Crippen MR) is 87.6 cm³/mol. The zero-order valence-electron chi connectivity index (χ0n) is 13.1. The van der Waals surface area contributed by atoms with Gasteiger partial charge in [-0.2, -0.15) is 0 Å². The second-order valence-electron chi connectivity index (χ2n) is 5.70. The van der Waals surface area contributed by atoms with Crippen LogP contribution in [-0.2, 0) is 11.2 Å². The number of ether oxygens (including phenoxy) is 2. The molecule has 1 aromatic carbocycles. The molecule has 0 aliphatic carbocycles. The number of fused-ring (bicyclic) bond motifs is 1. The summed E-state index contributed by atoms with van der Waals surface area (Å²) in [5, 5.41) is 0. The van der Waals surface area contributed by atoms with E-state index >= 15 is 0 Å². The van der Waals surface area contributed by atoms with E-state index in [1.807, 2.05) is 36.5 Å². The van der Waals surface area contributed by atoms with Crippen LogP contribution in [0.2, 0.25) is 0 Å². The smallest absolute Gasteiger partial charge is 0.162 e. The number of para-hydroxylation sites is 1. The molecule has 3 heterocycles. The molecule has 2 aromatic heterocycles. The van der Waals surface area contributed by atoms with Gasteiger partial charge < -0.3 is 9.47 Å². The summed E-state index contributed by atoms with van der Waals surface area (Å²) >= 11 is 0. The first-order valence-corrected chi connectivity index (χ1v) is 7.92. The van der Waals surface area contributed by atoms with Gasteiger partial charge in [0, 0.05) is 24.8 Å². The van der Waals surface area contributed by atoms with E-state index in [0.717, 1.165) is 47.7 Å². The molecule has 23 heavy (non-hydrogen) atoms. The van der Waals surface area contributed by atoms with Gasteiger partial charge in [0.15, 0.2) is 5.65 Å². The molecule has 5 nitrogen and oxygen atoms in total. The lowest BCUT2D eigenvalue weighted by Gasteiger charge is -2.16. The number of hydrogen-bond acceptors (Lipinski definition) is 4. The molecule has 1 atom stereocenters. The van der Waals surface area contributed by atoms with E-state index in [1.54, 1.807) is 7.11 Å². The second-order valence-corrected chi connectivity index (χ2v) is 5.70. The molecule has 0 spiro atoms. The van der Waals surface area contributed by atoms with Crippen LogP contribution in [0, 0.1) is 0 Å². The molecular formula is C18H19N3O2. The van der Waals surface area contributed by atoms with Crippen LogP contribution in [0.3, 0.4) is 0 Å². The maximum atomic E-state index is 5.89. The van der Waals surface area contributed by atoms with Gasteiger partial charge in [-0.3, -0.25) is 4.57 Å². The quantitative estimate of drug-likeness (QED) is 0.741. The zero-order valence-corrected chi connectivity index (χ0v) is 13.1. The normalized spacial score (nSPS) is 17.7. The summed E-state index contributed by atoms with van der Waals surface area (Å²) in [5.41, 5.74) is 2.92. The van der Waals surface area contributed by atoms with Crippen LogP contribution < -0.4 is 4.74 Å². The highest BCUT2D eigenvalue weighted by Crippen LogP contribution is 2.30. The Balaban J connectivity index is 1.81. The Labute approximate surface area is 134 Å². The number of benzene rings is 1. The van der Waals surface area contributed by atoms with Crippen molar-refractivity contribution in [3.05, 3.63) is 54.0 Å². The van der Waals surface area contributed by atoms with Gasteiger partial charge in [-0.05, 0) is 31.0 Å². The average Bonchev–Trinajstić information content (AvgIpc) is 3.22. The van der Waals surface area contributed by atoms with E-state index in [4.69, 9.17) is 14.5 Å². The highest BCUT2D eigenvalue weighted by atomic mass is 16.5. The van der Waals surface area contributed by atoms with E-state index in [-0.39, 0.29) is 6.23 Å². The van der Waals surface area contributed by atoms with E-state index in [0.29, 0.717) is 6.42 Å². The largest absolute Gasteiger partial charge is 0.496 e. The van der Waals surface area contributed by atoms with Crippen molar-refractivity contribution in [1.82, 2.24) is 14.5 Å². The van der Waals surface area contributed by atoms with Crippen LogP contribution in [0.15, 0.2) is 42.6 Å². The molecule has 0 bridgehead atoms. The lowest BCUT2D eigenvalue weighted by atomic mass is 10.1. The molecule has 0 N–H and O–H groups in total. The average molecular weight is 309 g/mol. The summed E-state index contributed by atoms with van der Waals surface area (Å²) in [6, 6.07) is 12.0. The third kappa shape index (κ3) is 2.57. The van der Waals surface area contributed by atoms with Gasteiger partial charge in [-0.25, -0.2) is 9.97 Å². The fraction of sp³-hybridized carbons (Fsp3) is 0.333. The van der Waals surface area contributed by atoms with E-state index in [1.165, 1.54) is 0 Å². The number of rotatable bonds is 4. The van der Waals surface area contributed by atoms with Crippen molar-refractivity contribution in [1.29, 1.82) is 0 Å². The summed E-state index contributed by atoms with van der Waals surface area (Å²) in [6.45, 7) is 0.797. The van der Waals surface area contributed by atoms with Crippen LogP contribution in [0.5, 0.6) is 5.75 Å². The highest BCUT2D eigenvalue weighted by molar-refractivity contribution is 5.71.